The monoisotopic (exact) mass is 434 g/mol. The molecule has 2 rings (SSSR count). The quantitative estimate of drug-likeness (QED) is 0.456. The van der Waals surface area contributed by atoms with Gasteiger partial charge in [0.15, 0.2) is 0 Å². The van der Waals surface area contributed by atoms with Crippen LogP contribution in [-0.2, 0) is 16.0 Å². The van der Waals surface area contributed by atoms with Crippen LogP contribution in [-0.4, -0.2) is 40.1 Å². The Balaban J connectivity index is 2.06. The predicted molar refractivity (Wildman–Crippen MR) is 110 cm³/mol. The van der Waals surface area contributed by atoms with Gasteiger partial charge in [-0.1, -0.05) is 26.0 Å². The van der Waals surface area contributed by atoms with Gasteiger partial charge in [-0.05, 0) is 48.6 Å². The maximum absolute atomic E-state index is 13.3. The third-order valence-electron chi connectivity index (χ3n) is 4.48. The Morgan fingerprint density at radius 1 is 0.903 bits per heavy atom. The lowest BCUT2D eigenvalue weighted by atomic mass is 10.0. The molecule has 0 bridgehead atoms. The van der Waals surface area contributed by atoms with Gasteiger partial charge >= 0.3 is 11.9 Å². The van der Waals surface area contributed by atoms with E-state index in [1.54, 1.807) is 12.1 Å². The number of aliphatic carboxylic acids is 2. The number of nitrogens with one attached hydrogen (secondary N) is 2. The zero-order valence-corrected chi connectivity index (χ0v) is 17.1. The van der Waals surface area contributed by atoms with Crippen molar-refractivity contribution in [3.05, 3.63) is 65.2 Å². The van der Waals surface area contributed by atoms with Gasteiger partial charge in [0.1, 0.15) is 23.7 Å². The van der Waals surface area contributed by atoms with Crippen molar-refractivity contribution < 1.29 is 33.4 Å². The molecule has 0 radical (unpaired) electrons. The molecule has 9 heteroatoms. The van der Waals surface area contributed by atoms with Crippen LogP contribution in [0.15, 0.2) is 42.5 Å². The summed E-state index contributed by atoms with van der Waals surface area (Å²) in [7, 11) is 0. The molecule has 7 nitrogen and oxygen atoms in total. The van der Waals surface area contributed by atoms with Crippen LogP contribution in [0.1, 0.15) is 36.2 Å². The summed E-state index contributed by atoms with van der Waals surface area (Å²) < 4.78 is 26.5. The van der Waals surface area contributed by atoms with Crippen LogP contribution in [0.5, 0.6) is 0 Å². The average Bonchev–Trinajstić information content (AvgIpc) is 2.66. The second kappa shape index (κ2) is 10.6. The van der Waals surface area contributed by atoms with Crippen LogP contribution in [0.3, 0.4) is 0 Å². The lowest BCUT2D eigenvalue weighted by Gasteiger charge is -2.22. The van der Waals surface area contributed by atoms with E-state index in [4.69, 9.17) is 0 Å². The standard InChI is InChI=1S/C22H24F2N2O5/c1-12(2)7-18(21(28)29)26-19(22(30)31)8-13-3-5-17(6-4-13)25-20(27)14-9-15(23)11-16(24)10-14/h3-6,9-12,18-19,26H,7-8H2,1-2H3,(H,25,27)(H,28,29)(H,30,31)/t18-,19?/m0/s1. The highest BCUT2D eigenvalue weighted by Gasteiger charge is 2.26. The number of carboxylic acid groups (broad SMARTS) is 2. The van der Waals surface area contributed by atoms with Crippen LogP contribution < -0.4 is 10.6 Å². The molecular formula is C22H24F2N2O5. The second-order valence-corrected chi connectivity index (χ2v) is 7.59. The number of carbonyl (C=O) groups is 3. The van der Waals surface area contributed by atoms with Gasteiger partial charge in [0, 0.05) is 17.3 Å². The normalized spacial score (nSPS) is 12.9. The van der Waals surface area contributed by atoms with Crippen molar-refractivity contribution in [2.45, 2.75) is 38.8 Å². The summed E-state index contributed by atoms with van der Waals surface area (Å²) in [4.78, 5) is 35.2. The fraction of sp³-hybridized carbons (Fsp3) is 0.318. The van der Waals surface area contributed by atoms with Crippen LogP contribution in [0.25, 0.3) is 0 Å². The van der Waals surface area contributed by atoms with E-state index >= 15 is 0 Å². The predicted octanol–water partition coefficient (Wildman–Crippen LogP) is 3.30. The van der Waals surface area contributed by atoms with E-state index in [1.807, 2.05) is 13.8 Å². The third kappa shape index (κ3) is 7.45. The molecule has 2 aromatic rings. The number of benzene rings is 2. The molecule has 0 saturated carbocycles. The summed E-state index contributed by atoms with van der Waals surface area (Å²) in [5.41, 5.74) is 0.770. The van der Waals surface area contributed by atoms with Gasteiger partial charge in [-0.3, -0.25) is 19.7 Å². The molecule has 0 aliphatic rings. The number of amides is 1. The lowest BCUT2D eigenvalue weighted by molar-refractivity contribution is -0.142. The molecule has 2 aromatic carbocycles. The maximum atomic E-state index is 13.3. The molecule has 0 aliphatic heterocycles. The first-order valence-electron chi connectivity index (χ1n) is 9.63. The number of rotatable bonds is 10. The molecule has 0 aromatic heterocycles. The van der Waals surface area contributed by atoms with Crippen molar-refractivity contribution in [2.75, 3.05) is 5.32 Å². The summed E-state index contributed by atoms with van der Waals surface area (Å²) >= 11 is 0. The first-order chi connectivity index (χ1) is 14.5. The number of hydrogen-bond donors (Lipinski definition) is 4. The van der Waals surface area contributed by atoms with Gasteiger partial charge in [-0.2, -0.15) is 0 Å². The number of halogens is 2. The smallest absolute Gasteiger partial charge is 0.321 e. The minimum absolute atomic E-state index is 0.0283. The molecule has 1 amide bonds. The third-order valence-corrected chi connectivity index (χ3v) is 4.48. The Kier molecular flexibility index (Phi) is 8.21. The fourth-order valence-electron chi connectivity index (χ4n) is 3.02. The first kappa shape index (κ1) is 23.9. The maximum Gasteiger partial charge on any atom is 0.321 e. The molecule has 31 heavy (non-hydrogen) atoms. The molecule has 166 valence electrons. The van der Waals surface area contributed by atoms with Crippen molar-refractivity contribution >= 4 is 23.5 Å². The van der Waals surface area contributed by atoms with Gasteiger partial charge in [-0.25, -0.2) is 8.78 Å². The Morgan fingerprint density at radius 2 is 1.45 bits per heavy atom. The highest BCUT2D eigenvalue weighted by molar-refractivity contribution is 6.04. The summed E-state index contributed by atoms with van der Waals surface area (Å²) in [6.45, 7) is 3.69. The van der Waals surface area contributed by atoms with Crippen molar-refractivity contribution in [1.29, 1.82) is 0 Å². The van der Waals surface area contributed by atoms with E-state index in [0.717, 1.165) is 12.1 Å². The van der Waals surface area contributed by atoms with E-state index in [-0.39, 0.29) is 24.3 Å². The summed E-state index contributed by atoms with van der Waals surface area (Å²) in [5, 5.41) is 24.0. The molecule has 0 saturated heterocycles. The minimum Gasteiger partial charge on any atom is -0.480 e. The topological polar surface area (TPSA) is 116 Å². The molecule has 1 unspecified atom stereocenters. The van der Waals surface area contributed by atoms with Crippen molar-refractivity contribution in [2.24, 2.45) is 5.92 Å². The number of carbonyl (C=O) groups excluding carboxylic acids is 1. The van der Waals surface area contributed by atoms with Gasteiger partial charge in [-0.15, -0.1) is 0 Å². The van der Waals surface area contributed by atoms with Gasteiger partial charge in [0.2, 0.25) is 0 Å². The molecular weight excluding hydrogens is 410 g/mol. The molecule has 0 heterocycles. The van der Waals surface area contributed by atoms with E-state index < -0.39 is 41.6 Å². The number of anilines is 1. The van der Waals surface area contributed by atoms with Crippen LogP contribution in [0.4, 0.5) is 14.5 Å². The Bertz CT molecular complexity index is 927. The molecule has 0 aliphatic carbocycles. The van der Waals surface area contributed by atoms with Crippen LogP contribution >= 0.6 is 0 Å². The minimum atomic E-state index is -1.18. The molecule has 2 atom stereocenters. The number of carboxylic acids is 2. The lowest BCUT2D eigenvalue weighted by Crippen LogP contribution is -2.48. The highest BCUT2D eigenvalue weighted by Crippen LogP contribution is 2.15. The molecule has 0 spiro atoms. The largest absolute Gasteiger partial charge is 0.480 e. The van der Waals surface area contributed by atoms with Gasteiger partial charge in [0.05, 0.1) is 0 Å². The Morgan fingerprint density at radius 3 is 1.94 bits per heavy atom. The fourth-order valence-corrected chi connectivity index (χ4v) is 3.02. The molecule has 0 fully saturated rings. The zero-order chi connectivity index (χ0) is 23.1. The highest BCUT2D eigenvalue weighted by atomic mass is 19.1. The van der Waals surface area contributed by atoms with E-state index in [2.05, 4.69) is 10.6 Å². The summed E-state index contributed by atoms with van der Waals surface area (Å²) in [6.07, 6.45) is 0.311. The second-order valence-electron chi connectivity index (χ2n) is 7.59. The van der Waals surface area contributed by atoms with E-state index in [0.29, 0.717) is 17.3 Å². The number of hydrogen-bond acceptors (Lipinski definition) is 4. The van der Waals surface area contributed by atoms with Crippen molar-refractivity contribution in [3.8, 4) is 0 Å². The van der Waals surface area contributed by atoms with Gasteiger partial charge < -0.3 is 15.5 Å². The van der Waals surface area contributed by atoms with Crippen LogP contribution in [0, 0.1) is 17.6 Å². The van der Waals surface area contributed by atoms with Crippen molar-refractivity contribution in [3.63, 3.8) is 0 Å². The van der Waals surface area contributed by atoms with Crippen LogP contribution in [0.2, 0.25) is 0 Å². The van der Waals surface area contributed by atoms with E-state index in [9.17, 15) is 33.4 Å². The Labute approximate surface area is 178 Å². The Hall–Kier alpha value is -3.33. The zero-order valence-electron chi connectivity index (χ0n) is 17.1. The first-order valence-corrected chi connectivity index (χ1v) is 9.63. The molecule has 4 N–H and O–H groups in total. The van der Waals surface area contributed by atoms with E-state index in [1.165, 1.54) is 12.1 Å². The summed E-state index contributed by atoms with van der Waals surface area (Å²) in [6, 6.07) is 6.57. The summed E-state index contributed by atoms with van der Waals surface area (Å²) in [5.74, 6) is -4.67. The average molecular weight is 434 g/mol. The SMILES string of the molecule is CC(C)C[C@H](NC(Cc1ccc(NC(=O)c2cc(F)cc(F)c2)cc1)C(=O)O)C(=O)O. The van der Waals surface area contributed by atoms with Crippen molar-refractivity contribution in [1.82, 2.24) is 5.32 Å². The van der Waals surface area contributed by atoms with Gasteiger partial charge in [0.25, 0.3) is 5.91 Å².